The monoisotopic (exact) mass is 375 g/mol. The van der Waals surface area contributed by atoms with E-state index >= 15 is 0 Å². The molecule has 0 atom stereocenters. The molecule has 1 fully saturated rings. The van der Waals surface area contributed by atoms with Gasteiger partial charge in [-0.2, -0.15) is 5.10 Å². The third kappa shape index (κ3) is 3.23. The second-order valence-corrected chi connectivity index (χ2v) is 6.77. The van der Waals surface area contributed by atoms with E-state index in [1.165, 1.54) is 0 Å². The molecule has 0 aliphatic carbocycles. The van der Waals surface area contributed by atoms with Crippen LogP contribution in [0.3, 0.4) is 0 Å². The zero-order chi connectivity index (χ0) is 19.7. The first kappa shape index (κ1) is 17.8. The Labute approximate surface area is 163 Å². The van der Waals surface area contributed by atoms with Crippen molar-refractivity contribution in [3.8, 4) is 0 Å². The fourth-order valence-electron chi connectivity index (χ4n) is 3.40. The summed E-state index contributed by atoms with van der Waals surface area (Å²) < 4.78 is 6.99. The summed E-state index contributed by atoms with van der Waals surface area (Å²) in [6.45, 7) is 9.00. The van der Waals surface area contributed by atoms with Gasteiger partial charge in [-0.15, -0.1) is 0 Å². The molecule has 2 aromatic heterocycles. The zero-order valence-corrected chi connectivity index (χ0v) is 15.9. The lowest BCUT2D eigenvalue weighted by Crippen LogP contribution is -2.23. The third-order valence-corrected chi connectivity index (χ3v) is 4.84. The Balaban J connectivity index is 1.56. The molecule has 28 heavy (non-hydrogen) atoms. The highest BCUT2D eigenvalue weighted by Gasteiger charge is 2.34. The van der Waals surface area contributed by atoms with E-state index in [0.29, 0.717) is 24.6 Å². The molecule has 0 bridgehead atoms. The largest absolute Gasteiger partial charge is 0.361 e. The maximum absolute atomic E-state index is 12.7. The maximum Gasteiger partial charge on any atom is 0.252 e. The van der Waals surface area contributed by atoms with Crippen LogP contribution in [-0.2, 0) is 17.9 Å². The van der Waals surface area contributed by atoms with Gasteiger partial charge >= 0.3 is 0 Å². The van der Waals surface area contributed by atoms with Gasteiger partial charge in [-0.25, -0.2) is 0 Å². The van der Waals surface area contributed by atoms with E-state index in [1.54, 1.807) is 15.8 Å². The van der Waals surface area contributed by atoms with Gasteiger partial charge < -0.3 is 9.42 Å². The van der Waals surface area contributed by atoms with E-state index in [1.807, 2.05) is 55.3 Å². The number of anilines is 1. The minimum absolute atomic E-state index is 0.0287. The Morgan fingerprint density at radius 1 is 1.21 bits per heavy atom. The molecule has 0 unspecified atom stereocenters. The first-order chi connectivity index (χ1) is 13.6. The smallest absolute Gasteiger partial charge is 0.252 e. The molecule has 1 amide bonds. The molecule has 0 radical (unpaired) electrons. The number of rotatable bonds is 5. The van der Waals surface area contributed by atoms with Crippen molar-refractivity contribution >= 4 is 11.6 Å². The lowest BCUT2D eigenvalue weighted by molar-refractivity contribution is -0.116. The molecular formula is C21H21N5O2. The number of carbonyl (C=O) groups is 1. The van der Waals surface area contributed by atoms with Gasteiger partial charge in [0.25, 0.3) is 5.91 Å². The lowest BCUT2D eigenvalue weighted by Gasteiger charge is -2.20. The van der Waals surface area contributed by atoms with E-state index in [-0.39, 0.29) is 12.5 Å². The van der Waals surface area contributed by atoms with Crippen LogP contribution in [0.4, 0.5) is 5.69 Å². The van der Waals surface area contributed by atoms with Crippen LogP contribution >= 0.6 is 0 Å². The molecule has 1 aliphatic heterocycles. The molecule has 7 heteroatoms. The second-order valence-electron chi connectivity index (χ2n) is 6.77. The molecule has 4 rings (SSSR count). The minimum atomic E-state index is -0.0287. The predicted molar refractivity (Wildman–Crippen MR) is 104 cm³/mol. The highest BCUT2D eigenvalue weighted by atomic mass is 16.5. The van der Waals surface area contributed by atoms with Crippen LogP contribution in [0.15, 0.2) is 65.4 Å². The molecule has 1 aromatic carbocycles. The maximum atomic E-state index is 12.7. The number of hydrogen-bond acceptors (Lipinski definition) is 5. The Bertz CT molecular complexity index is 1040. The third-order valence-electron chi connectivity index (χ3n) is 4.84. The van der Waals surface area contributed by atoms with Crippen LogP contribution in [0.5, 0.6) is 0 Å². The van der Waals surface area contributed by atoms with Crippen molar-refractivity contribution in [2.45, 2.75) is 26.9 Å². The molecule has 0 N–H and O–H groups in total. The number of carbonyl (C=O) groups excluding carboxylic acids is 1. The van der Waals surface area contributed by atoms with E-state index in [2.05, 4.69) is 22.6 Å². The molecule has 1 saturated heterocycles. The SMILES string of the molecule is C=C=C1N(Cc2ccccc2)CC(=O)N1c1cnn(Cc2c(C)noc2C)c1. The van der Waals surface area contributed by atoms with Crippen LogP contribution in [0, 0.1) is 13.8 Å². The molecule has 142 valence electrons. The van der Waals surface area contributed by atoms with Crippen molar-refractivity contribution in [3.05, 3.63) is 83.4 Å². The molecule has 1 aliphatic rings. The number of nitrogens with zero attached hydrogens (tertiary/aromatic N) is 5. The average Bonchev–Trinajstić information content (AvgIpc) is 3.36. The number of aromatic nitrogens is 3. The first-order valence-electron chi connectivity index (χ1n) is 9.03. The van der Waals surface area contributed by atoms with Gasteiger partial charge in [0.15, 0.2) is 5.82 Å². The Kier molecular flexibility index (Phi) is 4.59. The summed E-state index contributed by atoms with van der Waals surface area (Å²) in [6, 6.07) is 10.0. The quantitative estimate of drug-likeness (QED) is 0.641. The van der Waals surface area contributed by atoms with Crippen LogP contribution < -0.4 is 4.90 Å². The van der Waals surface area contributed by atoms with Crippen LogP contribution in [0.2, 0.25) is 0 Å². The van der Waals surface area contributed by atoms with E-state index in [0.717, 1.165) is 22.6 Å². The first-order valence-corrected chi connectivity index (χ1v) is 9.03. The molecule has 3 heterocycles. The van der Waals surface area contributed by atoms with Crippen molar-refractivity contribution in [2.75, 3.05) is 11.4 Å². The fourth-order valence-corrected chi connectivity index (χ4v) is 3.40. The summed E-state index contributed by atoms with van der Waals surface area (Å²) >= 11 is 0. The van der Waals surface area contributed by atoms with Gasteiger partial charge in [-0.1, -0.05) is 47.8 Å². The molecule has 3 aromatic rings. The summed E-state index contributed by atoms with van der Waals surface area (Å²) in [6.07, 6.45) is 3.52. The summed E-state index contributed by atoms with van der Waals surface area (Å²) in [5.74, 6) is 1.39. The predicted octanol–water partition coefficient (Wildman–Crippen LogP) is 3.01. The lowest BCUT2D eigenvalue weighted by atomic mass is 10.2. The van der Waals surface area contributed by atoms with Crippen molar-refractivity contribution < 1.29 is 9.32 Å². The van der Waals surface area contributed by atoms with Gasteiger partial charge in [0.05, 0.1) is 24.1 Å². The van der Waals surface area contributed by atoms with E-state index in [4.69, 9.17) is 4.52 Å². The summed E-state index contributed by atoms with van der Waals surface area (Å²) in [4.78, 5) is 16.3. The molecular weight excluding hydrogens is 354 g/mol. The number of amides is 1. The molecule has 0 spiro atoms. The second kappa shape index (κ2) is 7.21. The summed E-state index contributed by atoms with van der Waals surface area (Å²) in [5.41, 5.74) is 6.57. The number of aryl methyl sites for hydroxylation is 2. The van der Waals surface area contributed by atoms with Gasteiger partial charge in [0, 0.05) is 18.3 Å². The summed E-state index contributed by atoms with van der Waals surface area (Å²) in [5, 5.41) is 8.38. The van der Waals surface area contributed by atoms with Crippen molar-refractivity contribution in [1.82, 2.24) is 19.8 Å². The molecule has 7 nitrogen and oxygen atoms in total. The Morgan fingerprint density at radius 2 is 2.00 bits per heavy atom. The van der Waals surface area contributed by atoms with Crippen LogP contribution in [0.25, 0.3) is 0 Å². The normalized spacial score (nSPS) is 14.1. The molecule has 0 saturated carbocycles. The highest BCUT2D eigenvalue weighted by molar-refractivity contribution is 6.00. The fraction of sp³-hybridized carbons (Fsp3) is 0.238. The number of hydrogen-bond donors (Lipinski definition) is 0. The van der Waals surface area contributed by atoms with Crippen molar-refractivity contribution in [3.63, 3.8) is 0 Å². The van der Waals surface area contributed by atoms with Gasteiger partial charge in [0.2, 0.25) is 0 Å². The zero-order valence-electron chi connectivity index (χ0n) is 15.9. The Hall–Kier alpha value is -3.57. The van der Waals surface area contributed by atoms with Gasteiger partial charge in [0.1, 0.15) is 12.3 Å². The minimum Gasteiger partial charge on any atom is -0.361 e. The Morgan fingerprint density at radius 3 is 2.68 bits per heavy atom. The summed E-state index contributed by atoms with van der Waals surface area (Å²) in [7, 11) is 0. The van der Waals surface area contributed by atoms with Crippen molar-refractivity contribution in [2.24, 2.45) is 0 Å². The van der Waals surface area contributed by atoms with Crippen LogP contribution in [0.1, 0.15) is 22.6 Å². The van der Waals surface area contributed by atoms with Crippen molar-refractivity contribution in [1.29, 1.82) is 0 Å². The topological polar surface area (TPSA) is 67.4 Å². The highest BCUT2D eigenvalue weighted by Crippen LogP contribution is 2.28. The number of benzene rings is 1. The van der Waals surface area contributed by atoms with Gasteiger partial charge in [-0.3, -0.25) is 14.4 Å². The van der Waals surface area contributed by atoms with E-state index in [9.17, 15) is 4.79 Å². The van der Waals surface area contributed by atoms with Gasteiger partial charge in [-0.05, 0) is 19.4 Å². The van der Waals surface area contributed by atoms with E-state index < -0.39 is 0 Å². The van der Waals surface area contributed by atoms with Crippen LogP contribution in [-0.4, -0.2) is 32.3 Å². The standard InChI is InChI=1S/C21H21N5O2/c1-4-20-24(11-17-8-6-5-7-9-17)14-21(27)26(20)18-10-22-25(12-18)13-19-15(2)23-28-16(19)3/h5-10,12H,1,11,13-14H2,2-3H3. The average molecular weight is 375 g/mol.